The van der Waals surface area contributed by atoms with Gasteiger partial charge in [0, 0.05) is 6.08 Å². The Morgan fingerprint density at radius 3 is 2.62 bits per heavy atom. The fourth-order valence-electron chi connectivity index (χ4n) is 2.04. The molecule has 0 N–H and O–H groups in total. The van der Waals surface area contributed by atoms with Crippen LogP contribution in [0.3, 0.4) is 0 Å². The molecule has 7 nitrogen and oxygen atoms in total. The van der Waals surface area contributed by atoms with Gasteiger partial charge in [-0.25, -0.2) is 4.79 Å². The number of carbonyl (C=O) groups is 1. The van der Waals surface area contributed by atoms with Gasteiger partial charge < -0.3 is 14.3 Å². The maximum absolute atomic E-state index is 11.6. The van der Waals surface area contributed by atoms with Crippen molar-refractivity contribution in [3.05, 3.63) is 45.5 Å². The molecule has 24 heavy (non-hydrogen) atoms. The van der Waals surface area contributed by atoms with Gasteiger partial charge in [0.1, 0.15) is 5.75 Å². The molecule has 7 heteroatoms. The van der Waals surface area contributed by atoms with Crippen LogP contribution < -0.4 is 4.74 Å². The van der Waals surface area contributed by atoms with Gasteiger partial charge in [0.2, 0.25) is 0 Å². The zero-order valence-electron chi connectivity index (χ0n) is 14.2. The first-order valence-corrected chi connectivity index (χ1v) is 7.74. The summed E-state index contributed by atoms with van der Waals surface area (Å²) in [6, 6.07) is 5.76. The largest absolute Gasteiger partial charge is 0.496 e. The minimum absolute atomic E-state index is 0.00237. The minimum Gasteiger partial charge on any atom is -0.496 e. The summed E-state index contributed by atoms with van der Waals surface area (Å²) in [7, 11) is 1.62. The molecule has 0 amide bonds. The predicted octanol–water partition coefficient (Wildman–Crippen LogP) is 3.36. The van der Waals surface area contributed by atoms with E-state index in [0.717, 1.165) is 16.9 Å². The predicted molar refractivity (Wildman–Crippen MR) is 89.3 cm³/mol. The van der Waals surface area contributed by atoms with Crippen molar-refractivity contribution < 1.29 is 24.2 Å². The summed E-state index contributed by atoms with van der Waals surface area (Å²) in [6.45, 7) is 4.37. The molecule has 0 saturated heterocycles. The summed E-state index contributed by atoms with van der Waals surface area (Å²) in [5.41, 5.74) is 1.95. The topological polar surface area (TPSA) is 87.9 Å². The molecule has 1 aromatic carbocycles. The van der Waals surface area contributed by atoms with E-state index in [9.17, 15) is 14.9 Å². The number of unbranched alkanes of at least 4 members (excludes halogenated alkanes) is 1. The normalized spacial score (nSPS) is 10.8. The summed E-state index contributed by atoms with van der Waals surface area (Å²) < 4.78 is 10.4. The Morgan fingerprint density at radius 2 is 2.00 bits per heavy atom. The Labute approximate surface area is 141 Å². The van der Waals surface area contributed by atoms with E-state index in [4.69, 9.17) is 9.47 Å². The van der Waals surface area contributed by atoms with Gasteiger partial charge in [-0.15, -0.1) is 10.1 Å². The lowest BCUT2D eigenvalue weighted by molar-refractivity contribution is -0.757. The van der Waals surface area contributed by atoms with E-state index < -0.39 is 11.1 Å². The van der Waals surface area contributed by atoms with E-state index in [-0.39, 0.29) is 13.2 Å². The van der Waals surface area contributed by atoms with Crippen LogP contribution in [0.25, 0.3) is 6.08 Å². The summed E-state index contributed by atoms with van der Waals surface area (Å²) >= 11 is 0. The molecule has 0 spiro atoms. The lowest BCUT2D eigenvalue weighted by Gasteiger charge is -2.12. The van der Waals surface area contributed by atoms with Crippen molar-refractivity contribution in [2.24, 2.45) is 0 Å². The third-order valence-corrected chi connectivity index (χ3v) is 3.27. The zero-order valence-corrected chi connectivity index (χ0v) is 14.2. The average Bonchev–Trinajstić information content (AvgIpc) is 2.55. The van der Waals surface area contributed by atoms with Crippen LogP contribution in [0, 0.1) is 10.1 Å². The smallest absolute Gasteiger partial charge is 0.330 e. The van der Waals surface area contributed by atoms with Crippen LogP contribution in [0.4, 0.5) is 0 Å². The molecular weight excluding hydrogens is 314 g/mol. The van der Waals surface area contributed by atoms with Gasteiger partial charge in [0.05, 0.1) is 20.3 Å². The fraction of sp³-hybridized carbons (Fsp3) is 0.471. The summed E-state index contributed by atoms with van der Waals surface area (Å²) in [5.74, 6) is 0.672. The Hall–Kier alpha value is -2.57. The van der Waals surface area contributed by atoms with Crippen LogP contribution in [0.1, 0.15) is 43.7 Å². The third-order valence-electron chi connectivity index (χ3n) is 3.27. The number of ether oxygens (including phenoxy) is 2. The number of hydrogen-bond donors (Lipinski definition) is 0. The van der Waals surface area contributed by atoms with Crippen LogP contribution in [0.5, 0.6) is 5.75 Å². The Bertz CT molecular complexity index is 582. The monoisotopic (exact) mass is 337 g/mol. The highest BCUT2D eigenvalue weighted by Crippen LogP contribution is 2.27. The Morgan fingerprint density at radius 1 is 1.29 bits per heavy atom. The standard InChI is InChI=1S/C17H23NO6/c1-13(2)15-8-6-14(12-16(15)22-3)7-9-17(19)23-10-4-5-11-24-18(20)21/h6-9,12-13H,4-5,10-11H2,1-3H3/b9-7+. The summed E-state index contributed by atoms with van der Waals surface area (Å²) in [4.78, 5) is 25.7. The number of hydrogen-bond acceptors (Lipinski definition) is 6. The first kappa shape index (κ1) is 19.5. The highest BCUT2D eigenvalue weighted by molar-refractivity contribution is 5.87. The second-order valence-corrected chi connectivity index (χ2v) is 5.42. The molecule has 0 aromatic heterocycles. The van der Waals surface area contributed by atoms with E-state index in [0.29, 0.717) is 18.8 Å². The molecule has 0 saturated carbocycles. The van der Waals surface area contributed by atoms with Gasteiger partial charge in [-0.05, 0) is 42.0 Å². The molecule has 0 atom stereocenters. The molecule has 0 aliphatic rings. The van der Waals surface area contributed by atoms with Crippen molar-refractivity contribution in [1.82, 2.24) is 0 Å². The van der Waals surface area contributed by atoms with Crippen LogP contribution in [-0.4, -0.2) is 31.4 Å². The first-order chi connectivity index (χ1) is 11.4. The maximum Gasteiger partial charge on any atom is 0.330 e. The molecule has 0 aliphatic carbocycles. The highest BCUT2D eigenvalue weighted by Gasteiger charge is 2.07. The molecule has 0 fully saturated rings. The van der Waals surface area contributed by atoms with Gasteiger partial charge in [-0.3, -0.25) is 0 Å². The van der Waals surface area contributed by atoms with E-state index in [1.165, 1.54) is 6.08 Å². The van der Waals surface area contributed by atoms with E-state index in [2.05, 4.69) is 18.7 Å². The number of methoxy groups -OCH3 is 1. The molecular formula is C17H23NO6. The van der Waals surface area contributed by atoms with Gasteiger partial charge in [-0.2, -0.15) is 0 Å². The van der Waals surface area contributed by atoms with Crippen LogP contribution in [0.15, 0.2) is 24.3 Å². The van der Waals surface area contributed by atoms with Crippen LogP contribution in [-0.2, 0) is 14.4 Å². The first-order valence-electron chi connectivity index (χ1n) is 7.74. The van der Waals surface area contributed by atoms with Gasteiger partial charge in [-0.1, -0.05) is 26.0 Å². The maximum atomic E-state index is 11.6. The Kier molecular flexibility index (Phi) is 8.32. The number of nitrogens with zero attached hydrogens (tertiary/aromatic N) is 1. The Balaban J connectivity index is 2.42. The summed E-state index contributed by atoms with van der Waals surface area (Å²) in [5, 5.41) is 9.10. The van der Waals surface area contributed by atoms with Crippen molar-refractivity contribution in [1.29, 1.82) is 0 Å². The van der Waals surface area contributed by atoms with Crippen molar-refractivity contribution in [2.75, 3.05) is 20.3 Å². The molecule has 0 unspecified atom stereocenters. The van der Waals surface area contributed by atoms with Crippen LogP contribution >= 0.6 is 0 Å². The van der Waals surface area contributed by atoms with E-state index in [1.807, 2.05) is 18.2 Å². The van der Waals surface area contributed by atoms with Gasteiger partial charge in [0.25, 0.3) is 5.09 Å². The third kappa shape index (κ3) is 7.13. The van der Waals surface area contributed by atoms with Gasteiger partial charge in [0.15, 0.2) is 0 Å². The average molecular weight is 337 g/mol. The van der Waals surface area contributed by atoms with E-state index >= 15 is 0 Å². The molecule has 132 valence electrons. The van der Waals surface area contributed by atoms with Crippen molar-refractivity contribution in [3.63, 3.8) is 0 Å². The highest BCUT2D eigenvalue weighted by atomic mass is 16.9. The second-order valence-electron chi connectivity index (χ2n) is 5.42. The van der Waals surface area contributed by atoms with E-state index in [1.54, 1.807) is 13.2 Å². The van der Waals surface area contributed by atoms with Crippen molar-refractivity contribution >= 4 is 12.0 Å². The number of esters is 1. The fourth-order valence-corrected chi connectivity index (χ4v) is 2.04. The lowest BCUT2D eigenvalue weighted by atomic mass is 10.00. The molecule has 0 aliphatic heterocycles. The molecule has 1 rings (SSSR count). The van der Waals surface area contributed by atoms with Crippen molar-refractivity contribution in [3.8, 4) is 5.75 Å². The van der Waals surface area contributed by atoms with Crippen LogP contribution in [0.2, 0.25) is 0 Å². The molecule has 0 radical (unpaired) electrons. The van der Waals surface area contributed by atoms with Gasteiger partial charge >= 0.3 is 5.97 Å². The summed E-state index contributed by atoms with van der Waals surface area (Å²) in [6.07, 6.45) is 3.96. The lowest BCUT2D eigenvalue weighted by Crippen LogP contribution is -2.06. The zero-order chi connectivity index (χ0) is 17.9. The molecule has 0 heterocycles. The minimum atomic E-state index is -0.840. The number of rotatable bonds is 10. The second kappa shape index (κ2) is 10.3. The molecule has 1 aromatic rings. The van der Waals surface area contributed by atoms with Crippen molar-refractivity contribution in [2.45, 2.75) is 32.6 Å². The SMILES string of the molecule is COc1cc(/C=C/C(=O)OCCCCO[N+](=O)[O-])ccc1C(C)C. The number of benzene rings is 1. The number of carbonyl (C=O) groups excluding carboxylic acids is 1. The molecule has 0 bridgehead atoms. The quantitative estimate of drug-likeness (QED) is 0.214.